The Labute approximate surface area is 198 Å². The van der Waals surface area contributed by atoms with E-state index in [1.165, 1.54) is 36.4 Å². The molecule has 3 aromatic rings. The van der Waals surface area contributed by atoms with Crippen molar-refractivity contribution in [3.63, 3.8) is 0 Å². The summed E-state index contributed by atoms with van der Waals surface area (Å²) in [5.41, 5.74) is 0.885. The number of primary sulfonamides is 1. The maximum absolute atomic E-state index is 11.9. The number of sulfonamides is 1. The predicted molar refractivity (Wildman–Crippen MR) is 124 cm³/mol. The van der Waals surface area contributed by atoms with Gasteiger partial charge in [-0.25, -0.2) is 18.4 Å². The minimum Gasteiger partial charge on any atom is -0.478 e. The number of anilines is 4. The molecular formula is C20H20N4O8S2. The van der Waals surface area contributed by atoms with Crippen molar-refractivity contribution in [2.24, 2.45) is 11.0 Å². The van der Waals surface area contributed by atoms with Crippen LogP contribution >= 0.6 is 12.0 Å². The first-order chi connectivity index (χ1) is 16.1. The molecule has 0 aliphatic rings. The summed E-state index contributed by atoms with van der Waals surface area (Å²) in [6.45, 7) is 0. The summed E-state index contributed by atoms with van der Waals surface area (Å²) in [7, 11) is -3.89. The normalized spacial score (nSPS) is 11.4. The van der Waals surface area contributed by atoms with Gasteiger partial charge in [0.2, 0.25) is 10.0 Å². The van der Waals surface area contributed by atoms with Gasteiger partial charge in [-0.05, 0) is 60.7 Å². The van der Waals surface area contributed by atoms with E-state index in [-0.39, 0.29) is 27.4 Å². The van der Waals surface area contributed by atoms with Crippen LogP contribution in [0.4, 0.5) is 22.7 Å². The van der Waals surface area contributed by atoms with Crippen LogP contribution in [-0.4, -0.2) is 29.7 Å². The van der Waals surface area contributed by atoms with Crippen LogP contribution in [0.25, 0.3) is 0 Å². The Bertz CT molecular complexity index is 1270. The lowest BCUT2D eigenvalue weighted by molar-refractivity contribution is -0.195. The van der Waals surface area contributed by atoms with Crippen molar-refractivity contribution in [1.29, 1.82) is 0 Å². The number of aromatic carboxylic acids is 1. The zero-order valence-corrected chi connectivity index (χ0v) is 18.8. The molecule has 0 unspecified atom stereocenters. The molecule has 180 valence electrons. The minimum absolute atomic E-state index is 0.00743. The molecule has 12 nitrogen and oxygen atoms in total. The van der Waals surface area contributed by atoms with Gasteiger partial charge in [-0.2, -0.15) is 5.90 Å². The number of aliphatic hydroxyl groups excluding tert-OH is 1. The molecule has 0 fully saturated rings. The molecule has 0 aliphatic heterocycles. The number of carboxylic acid groups (broad SMARTS) is 1. The van der Waals surface area contributed by atoms with Crippen LogP contribution in [0.3, 0.4) is 0 Å². The first-order valence-electron chi connectivity index (χ1n) is 9.33. The van der Waals surface area contributed by atoms with Crippen molar-refractivity contribution < 1.29 is 37.9 Å². The first kappa shape index (κ1) is 25.4. The van der Waals surface area contributed by atoms with Gasteiger partial charge < -0.3 is 26.0 Å². The minimum atomic E-state index is -3.89. The van der Waals surface area contributed by atoms with E-state index in [0.29, 0.717) is 16.3 Å². The second kappa shape index (κ2) is 10.8. The van der Waals surface area contributed by atoms with Crippen LogP contribution in [0.1, 0.15) is 22.2 Å². The van der Waals surface area contributed by atoms with Crippen LogP contribution < -0.4 is 21.7 Å². The van der Waals surface area contributed by atoms with Crippen molar-refractivity contribution in [2.45, 2.75) is 16.1 Å². The summed E-state index contributed by atoms with van der Waals surface area (Å²) in [4.78, 5) is 16.5. The SMILES string of the molecule is NOOSc1ccc(Nc2cc(C(=O)O)c(Nc3ccc(S(N)(=O)=O)cc3)cc2C(O)O)cc1. The van der Waals surface area contributed by atoms with Crippen molar-refractivity contribution in [3.8, 4) is 0 Å². The summed E-state index contributed by atoms with van der Waals surface area (Å²) in [6, 6.07) is 14.4. The molecule has 9 N–H and O–H groups in total. The Kier molecular flexibility index (Phi) is 8.08. The van der Waals surface area contributed by atoms with E-state index in [9.17, 15) is 28.5 Å². The molecule has 3 rings (SSSR count). The van der Waals surface area contributed by atoms with E-state index < -0.39 is 22.3 Å². The van der Waals surface area contributed by atoms with Crippen LogP contribution in [0, 0.1) is 0 Å². The molecule has 0 aliphatic carbocycles. The third-order valence-corrected chi connectivity index (χ3v) is 6.00. The zero-order chi connectivity index (χ0) is 24.9. The largest absolute Gasteiger partial charge is 0.478 e. The second-order valence-corrected chi connectivity index (χ2v) is 9.09. The van der Waals surface area contributed by atoms with Gasteiger partial charge in [0.15, 0.2) is 6.29 Å². The molecule has 0 amide bonds. The van der Waals surface area contributed by atoms with E-state index in [2.05, 4.69) is 20.0 Å². The quantitative estimate of drug-likeness (QED) is 0.0911. The number of benzene rings is 3. The molecule has 0 atom stereocenters. The molecule has 0 aromatic heterocycles. The number of aliphatic hydroxyl groups is 2. The highest BCUT2D eigenvalue weighted by atomic mass is 32.2. The van der Waals surface area contributed by atoms with Gasteiger partial charge in [-0.1, -0.05) is 0 Å². The van der Waals surface area contributed by atoms with Crippen molar-refractivity contribution in [2.75, 3.05) is 10.6 Å². The average Bonchev–Trinajstić information content (AvgIpc) is 2.78. The standard InChI is InChI=1S/C20H20N4O8S2/c21-31-32-33-13-5-1-11(2-6-13)23-17-9-16(20(27)28)18(10-15(17)19(25)26)24-12-3-7-14(8-4-12)34(22,29)30/h1-10,19,23-26H,21H2,(H,27,28)(H2,22,29,30). The summed E-state index contributed by atoms with van der Waals surface area (Å²) in [5, 5.41) is 40.3. The Morgan fingerprint density at radius 3 is 2.00 bits per heavy atom. The molecule has 0 radical (unpaired) electrons. The number of carboxylic acids is 1. The predicted octanol–water partition coefficient (Wildman–Crippen LogP) is 2.33. The maximum atomic E-state index is 11.9. The highest BCUT2D eigenvalue weighted by molar-refractivity contribution is 7.94. The zero-order valence-electron chi connectivity index (χ0n) is 17.2. The molecule has 0 heterocycles. The second-order valence-electron chi connectivity index (χ2n) is 6.76. The van der Waals surface area contributed by atoms with E-state index in [1.807, 2.05) is 0 Å². The molecule has 0 spiro atoms. The van der Waals surface area contributed by atoms with E-state index in [1.54, 1.807) is 24.3 Å². The molecule has 0 saturated heterocycles. The lowest BCUT2D eigenvalue weighted by atomic mass is 10.0. The maximum Gasteiger partial charge on any atom is 0.337 e. The van der Waals surface area contributed by atoms with E-state index in [0.717, 1.165) is 12.0 Å². The summed E-state index contributed by atoms with van der Waals surface area (Å²) in [5.74, 6) is 3.51. The highest BCUT2D eigenvalue weighted by Crippen LogP contribution is 2.33. The lowest BCUT2D eigenvalue weighted by Gasteiger charge is -2.18. The lowest BCUT2D eigenvalue weighted by Crippen LogP contribution is -2.12. The van der Waals surface area contributed by atoms with Crippen molar-refractivity contribution >= 4 is 50.8 Å². The Morgan fingerprint density at radius 1 is 0.941 bits per heavy atom. The summed E-state index contributed by atoms with van der Waals surface area (Å²) in [6.07, 6.45) is -1.93. The Morgan fingerprint density at radius 2 is 1.50 bits per heavy atom. The third-order valence-electron chi connectivity index (χ3n) is 4.46. The molecular weight excluding hydrogens is 488 g/mol. The third kappa shape index (κ3) is 6.43. The van der Waals surface area contributed by atoms with Gasteiger partial charge in [0.05, 0.1) is 28.2 Å². The number of hydrogen-bond donors (Lipinski definition) is 7. The molecule has 3 aromatic carbocycles. The van der Waals surface area contributed by atoms with E-state index >= 15 is 0 Å². The monoisotopic (exact) mass is 508 g/mol. The molecule has 0 bridgehead atoms. The number of nitrogens with two attached hydrogens (primary N) is 2. The van der Waals surface area contributed by atoms with Crippen LogP contribution in [0.15, 0.2) is 70.5 Å². The van der Waals surface area contributed by atoms with Crippen molar-refractivity contribution in [3.05, 3.63) is 71.8 Å². The smallest absolute Gasteiger partial charge is 0.337 e. The average molecular weight is 509 g/mol. The topological polar surface area (TPSA) is 206 Å². The summed E-state index contributed by atoms with van der Waals surface area (Å²) >= 11 is 0.873. The van der Waals surface area contributed by atoms with Gasteiger partial charge in [0.1, 0.15) is 0 Å². The molecule has 14 heteroatoms. The number of rotatable bonds is 10. The molecule has 34 heavy (non-hydrogen) atoms. The van der Waals surface area contributed by atoms with Crippen LogP contribution in [0.2, 0.25) is 0 Å². The van der Waals surface area contributed by atoms with Gasteiger partial charge >= 0.3 is 5.97 Å². The van der Waals surface area contributed by atoms with Gasteiger partial charge in [-0.15, -0.1) is 9.32 Å². The highest BCUT2D eigenvalue weighted by Gasteiger charge is 2.19. The van der Waals surface area contributed by atoms with Crippen molar-refractivity contribution in [1.82, 2.24) is 0 Å². The number of hydrogen-bond acceptors (Lipinski definition) is 11. The Balaban J connectivity index is 1.93. The first-order valence-corrected chi connectivity index (χ1v) is 11.6. The fourth-order valence-corrected chi connectivity index (χ4v) is 3.79. The van der Waals surface area contributed by atoms with Crippen LogP contribution in [0.5, 0.6) is 0 Å². The van der Waals surface area contributed by atoms with Gasteiger partial charge in [0, 0.05) is 27.5 Å². The Hall–Kier alpha value is -3.21. The van der Waals surface area contributed by atoms with Gasteiger partial charge in [-0.3, -0.25) is 0 Å². The van der Waals surface area contributed by atoms with E-state index in [4.69, 9.17) is 11.0 Å². The number of nitrogens with one attached hydrogen (secondary N) is 2. The number of carbonyl (C=O) groups is 1. The van der Waals surface area contributed by atoms with Crippen LogP contribution in [-0.2, 0) is 19.3 Å². The fourth-order valence-electron chi connectivity index (χ4n) is 2.91. The molecule has 0 saturated carbocycles. The van der Waals surface area contributed by atoms with Gasteiger partial charge in [0.25, 0.3) is 0 Å². The fraction of sp³-hybridized carbons (Fsp3) is 0.0500. The summed E-state index contributed by atoms with van der Waals surface area (Å²) < 4.78 is 27.4.